The van der Waals surface area contributed by atoms with Gasteiger partial charge in [-0.3, -0.25) is 4.79 Å². The fourth-order valence-corrected chi connectivity index (χ4v) is 3.02. The van der Waals surface area contributed by atoms with Crippen molar-refractivity contribution in [2.75, 3.05) is 13.2 Å². The number of carbonyl (C=O) groups excluding carboxylic acids is 2. The number of aliphatic hydroxyl groups excluding tert-OH is 1. The average Bonchev–Trinajstić information content (AvgIpc) is 3.00. The van der Waals surface area contributed by atoms with Crippen LogP contribution in [0.2, 0.25) is 0 Å². The van der Waals surface area contributed by atoms with E-state index in [1.807, 2.05) is 6.92 Å². The Morgan fingerprint density at radius 1 is 1.50 bits per heavy atom. The lowest BCUT2D eigenvalue weighted by molar-refractivity contribution is -0.138. The molecule has 0 spiro atoms. The van der Waals surface area contributed by atoms with Crippen molar-refractivity contribution in [2.24, 2.45) is 11.8 Å². The van der Waals surface area contributed by atoms with Gasteiger partial charge >= 0.3 is 6.09 Å². The minimum Gasteiger partial charge on any atom is -0.447 e. The number of amides is 2. The minimum atomic E-state index is -0.658. The Labute approximate surface area is 107 Å². The van der Waals surface area contributed by atoms with E-state index in [9.17, 15) is 14.7 Å². The van der Waals surface area contributed by atoms with E-state index in [0.717, 1.165) is 30.6 Å². The normalized spacial score (nSPS) is 24.1. The number of nitrogens with zero attached hydrogens (tertiary/aromatic N) is 1. The molecule has 1 aliphatic carbocycles. The third kappa shape index (κ3) is 2.51. The number of carbonyl (C=O) groups is 2. The van der Waals surface area contributed by atoms with Crippen LogP contribution in [-0.2, 0) is 9.53 Å². The maximum atomic E-state index is 12.4. The van der Waals surface area contributed by atoms with Crippen molar-refractivity contribution >= 4 is 12.0 Å². The molecule has 2 rings (SSSR count). The summed E-state index contributed by atoms with van der Waals surface area (Å²) < 4.78 is 4.80. The zero-order valence-electron chi connectivity index (χ0n) is 10.8. The molecule has 1 aliphatic heterocycles. The molecule has 2 fully saturated rings. The van der Waals surface area contributed by atoms with E-state index in [0.29, 0.717) is 13.0 Å². The van der Waals surface area contributed by atoms with Crippen LogP contribution in [-0.4, -0.2) is 41.3 Å². The third-order valence-electron chi connectivity index (χ3n) is 4.05. The Bertz CT molecular complexity index is 325. The highest BCUT2D eigenvalue weighted by Crippen LogP contribution is 2.35. The summed E-state index contributed by atoms with van der Waals surface area (Å²) in [4.78, 5) is 25.0. The fourth-order valence-electron chi connectivity index (χ4n) is 3.02. The van der Waals surface area contributed by atoms with Gasteiger partial charge in [-0.05, 0) is 25.2 Å². The maximum absolute atomic E-state index is 12.4. The van der Waals surface area contributed by atoms with Crippen LogP contribution in [0.3, 0.4) is 0 Å². The van der Waals surface area contributed by atoms with Gasteiger partial charge < -0.3 is 9.84 Å². The summed E-state index contributed by atoms with van der Waals surface area (Å²) in [5, 5.41) is 10.1. The van der Waals surface area contributed by atoms with Gasteiger partial charge in [-0.25, -0.2) is 9.69 Å². The van der Waals surface area contributed by atoms with E-state index in [4.69, 9.17) is 4.74 Å². The predicted molar refractivity (Wildman–Crippen MR) is 64.8 cm³/mol. The van der Waals surface area contributed by atoms with Crippen LogP contribution in [0.4, 0.5) is 4.79 Å². The first kappa shape index (κ1) is 13.3. The van der Waals surface area contributed by atoms with Crippen molar-refractivity contribution in [3.8, 4) is 0 Å². The highest BCUT2D eigenvalue weighted by molar-refractivity contribution is 5.94. The lowest BCUT2D eigenvalue weighted by Gasteiger charge is -2.28. The first-order valence-corrected chi connectivity index (χ1v) is 6.81. The van der Waals surface area contributed by atoms with Gasteiger partial charge in [0.25, 0.3) is 0 Å². The molecule has 2 aliphatic rings. The summed E-state index contributed by atoms with van der Waals surface area (Å²) in [5.41, 5.74) is 0. The Morgan fingerprint density at radius 3 is 2.67 bits per heavy atom. The smallest absolute Gasteiger partial charge is 0.416 e. The molecule has 0 aromatic rings. The molecule has 0 radical (unpaired) electrons. The molecule has 5 heteroatoms. The maximum Gasteiger partial charge on any atom is 0.416 e. The summed E-state index contributed by atoms with van der Waals surface area (Å²) >= 11 is 0. The van der Waals surface area contributed by atoms with Gasteiger partial charge in [0, 0.05) is 0 Å². The summed E-state index contributed by atoms with van der Waals surface area (Å²) in [5.74, 6) is -0.484. The second kappa shape index (κ2) is 5.69. The molecule has 2 amide bonds. The molecule has 0 bridgehead atoms. The number of aliphatic hydroxyl groups is 1. The summed E-state index contributed by atoms with van der Waals surface area (Å²) in [6.45, 7) is 2.45. The molecule has 5 nitrogen and oxygen atoms in total. The Kier molecular flexibility index (Phi) is 4.22. The zero-order valence-corrected chi connectivity index (χ0v) is 10.8. The van der Waals surface area contributed by atoms with E-state index < -0.39 is 18.1 Å². The van der Waals surface area contributed by atoms with E-state index in [2.05, 4.69) is 0 Å². The Balaban J connectivity index is 2.12. The molecule has 2 atom stereocenters. The first-order valence-electron chi connectivity index (χ1n) is 6.81. The van der Waals surface area contributed by atoms with Gasteiger partial charge in [-0.2, -0.15) is 0 Å². The zero-order chi connectivity index (χ0) is 13.1. The van der Waals surface area contributed by atoms with E-state index in [-0.39, 0.29) is 18.4 Å². The molecule has 1 saturated carbocycles. The lowest BCUT2D eigenvalue weighted by atomic mass is 9.84. The topological polar surface area (TPSA) is 66.8 Å². The SMILES string of the molecule is CC[C@@H](O)[C@H](C(=O)N1CCOC1=O)C1CCCC1. The van der Waals surface area contributed by atoms with Crippen LogP contribution >= 0.6 is 0 Å². The second-order valence-corrected chi connectivity index (χ2v) is 5.15. The monoisotopic (exact) mass is 255 g/mol. The first-order chi connectivity index (χ1) is 8.65. The molecule has 0 aromatic carbocycles. The molecule has 102 valence electrons. The van der Waals surface area contributed by atoms with Crippen molar-refractivity contribution in [3.05, 3.63) is 0 Å². The van der Waals surface area contributed by atoms with Gasteiger partial charge in [-0.1, -0.05) is 19.8 Å². The highest BCUT2D eigenvalue weighted by atomic mass is 16.6. The quantitative estimate of drug-likeness (QED) is 0.827. The molecule has 1 N–H and O–H groups in total. The fraction of sp³-hybridized carbons (Fsp3) is 0.846. The number of cyclic esters (lactones) is 1. The number of hydrogen-bond acceptors (Lipinski definition) is 4. The van der Waals surface area contributed by atoms with Crippen LogP contribution < -0.4 is 0 Å². The summed E-state index contributed by atoms with van der Waals surface area (Å²) in [6.07, 6.45) is 3.47. The molecular formula is C13H21NO4. The molecule has 1 heterocycles. The molecule has 1 saturated heterocycles. The Hall–Kier alpha value is -1.10. The minimum absolute atomic E-state index is 0.209. The van der Waals surface area contributed by atoms with Crippen LogP contribution in [0.1, 0.15) is 39.0 Å². The average molecular weight is 255 g/mol. The van der Waals surface area contributed by atoms with Gasteiger partial charge in [-0.15, -0.1) is 0 Å². The number of hydrogen-bond donors (Lipinski definition) is 1. The largest absolute Gasteiger partial charge is 0.447 e. The van der Waals surface area contributed by atoms with Crippen LogP contribution in [0, 0.1) is 11.8 Å². The van der Waals surface area contributed by atoms with Crippen LogP contribution in [0.5, 0.6) is 0 Å². The summed E-state index contributed by atoms with van der Waals surface area (Å²) in [7, 11) is 0. The van der Waals surface area contributed by atoms with E-state index in [1.165, 1.54) is 0 Å². The van der Waals surface area contributed by atoms with Crippen molar-refractivity contribution in [3.63, 3.8) is 0 Å². The summed E-state index contributed by atoms with van der Waals surface area (Å²) in [6, 6.07) is 0. The molecule has 18 heavy (non-hydrogen) atoms. The number of imide groups is 1. The van der Waals surface area contributed by atoms with Crippen molar-refractivity contribution < 1.29 is 19.4 Å². The van der Waals surface area contributed by atoms with Crippen molar-refractivity contribution in [1.82, 2.24) is 4.90 Å². The third-order valence-corrected chi connectivity index (χ3v) is 4.05. The van der Waals surface area contributed by atoms with Gasteiger partial charge in [0.1, 0.15) is 6.61 Å². The highest BCUT2D eigenvalue weighted by Gasteiger charge is 2.41. The molecule has 0 unspecified atom stereocenters. The van der Waals surface area contributed by atoms with Gasteiger partial charge in [0.15, 0.2) is 0 Å². The molecule has 0 aromatic heterocycles. The van der Waals surface area contributed by atoms with E-state index >= 15 is 0 Å². The number of rotatable bonds is 4. The van der Waals surface area contributed by atoms with Crippen molar-refractivity contribution in [2.45, 2.75) is 45.1 Å². The predicted octanol–water partition coefficient (Wildman–Crippen LogP) is 1.54. The second-order valence-electron chi connectivity index (χ2n) is 5.15. The van der Waals surface area contributed by atoms with Crippen LogP contribution in [0.15, 0.2) is 0 Å². The van der Waals surface area contributed by atoms with E-state index in [1.54, 1.807) is 0 Å². The van der Waals surface area contributed by atoms with Crippen LogP contribution in [0.25, 0.3) is 0 Å². The molecular weight excluding hydrogens is 234 g/mol. The lowest BCUT2D eigenvalue weighted by Crippen LogP contribution is -2.44. The van der Waals surface area contributed by atoms with Gasteiger partial charge in [0.05, 0.1) is 18.6 Å². The standard InChI is InChI=1S/C13H21NO4/c1-2-10(15)11(9-5-3-4-6-9)12(16)14-7-8-18-13(14)17/h9-11,15H,2-8H2,1H3/t10-,11-/m1/s1. The Morgan fingerprint density at radius 2 is 2.17 bits per heavy atom. The van der Waals surface area contributed by atoms with Gasteiger partial charge in [0.2, 0.25) is 5.91 Å². The van der Waals surface area contributed by atoms with Crippen molar-refractivity contribution in [1.29, 1.82) is 0 Å². The number of ether oxygens (including phenoxy) is 1.